The molecule has 0 saturated carbocycles. The quantitative estimate of drug-likeness (QED) is 0.0609. The van der Waals surface area contributed by atoms with Gasteiger partial charge in [0.15, 0.2) is 11.5 Å². The van der Waals surface area contributed by atoms with E-state index in [-0.39, 0.29) is 39.7 Å². The van der Waals surface area contributed by atoms with Crippen LogP contribution >= 0.6 is 7.26 Å². The molecule has 7 heteroatoms. The van der Waals surface area contributed by atoms with Crippen molar-refractivity contribution < 1.29 is 40.8 Å². The zero-order valence-electron chi connectivity index (χ0n) is 30.2. The number of allylic oxidation sites excluding steroid dienone is 2. The molecule has 53 heavy (non-hydrogen) atoms. The molecule has 0 spiro atoms. The Hall–Kier alpha value is -4.64. The van der Waals surface area contributed by atoms with E-state index in [4.69, 9.17) is 9.47 Å². The molecule has 1 aliphatic carbocycles. The second-order valence-corrected chi connectivity index (χ2v) is 16.9. The summed E-state index contributed by atoms with van der Waals surface area (Å²) in [5, 5.41) is 4.37. The first-order chi connectivity index (χ1) is 25.5. The van der Waals surface area contributed by atoms with Crippen LogP contribution in [-0.4, -0.2) is 30.3 Å². The monoisotopic (exact) mass is 788 g/mol. The van der Waals surface area contributed by atoms with Crippen LogP contribution in [0.1, 0.15) is 84.6 Å². The van der Waals surface area contributed by atoms with Gasteiger partial charge in [-0.3, -0.25) is 14.4 Å². The number of carbonyl (C=O) groups excluding carboxylic acids is 3. The van der Waals surface area contributed by atoms with E-state index in [1.165, 1.54) is 67.5 Å². The maximum absolute atomic E-state index is 13.4. The number of rotatable bonds is 17. The second kappa shape index (κ2) is 19.4. The number of ether oxygens (including phenoxy) is 2. The third-order valence-electron chi connectivity index (χ3n) is 9.71. The lowest BCUT2D eigenvalue weighted by Crippen LogP contribution is -3.00. The number of hydrogen-bond acceptors (Lipinski definition) is 5. The van der Waals surface area contributed by atoms with E-state index in [0.29, 0.717) is 23.5 Å². The molecular weight excluding hydrogens is 743 g/mol. The van der Waals surface area contributed by atoms with Gasteiger partial charge in [-0.15, -0.1) is 0 Å². The van der Waals surface area contributed by atoms with E-state index in [0.717, 1.165) is 12.8 Å². The summed E-state index contributed by atoms with van der Waals surface area (Å²) in [6.07, 6.45) is 10.6. The molecular formula is C46H46BrO5P. The summed E-state index contributed by atoms with van der Waals surface area (Å²) in [7, 11) is -1.75. The molecule has 0 fully saturated rings. The molecule has 0 bridgehead atoms. The number of unbranched alkanes of at least 4 members (excludes halogenated alkanes) is 7. The summed E-state index contributed by atoms with van der Waals surface area (Å²) in [5.74, 6) is -1.01. The molecule has 0 aliphatic heterocycles. The van der Waals surface area contributed by atoms with Crippen molar-refractivity contribution in [1.82, 2.24) is 0 Å². The van der Waals surface area contributed by atoms with Crippen LogP contribution in [0.3, 0.4) is 0 Å². The van der Waals surface area contributed by atoms with E-state index in [2.05, 4.69) is 91.0 Å². The number of hydrogen-bond donors (Lipinski definition) is 0. The van der Waals surface area contributed by atoms with Crippen LogP contribution in [0.5, 0.6) is 5.75 Å². The van der Waals surface area contributed by atoms with Crippen LogP contribution in [0, 0.1) is 0 Å². The molecule has 5 nitrogen and oxygen atoms in total. The smallest absolute Gasteiger partial charge is 0.308 e. The summed E-state index contributed by atoms with van der Waals surface area (Å²) < 4.78 is 11.3. The number of Topliss-reactive ketones (excluding diaryl/α,β-unsaturated/α-hetero) is 2. The molecule has 5 aromatic carbocycles. The van der Waals surface area contributed by atoms with Gasteiger partial charge in [0, 0.05) is 18.1 Å². The SMILES string of the molecule is CC(=O)OC1=C(c2ccc(OCCCCCCCCCC[P+](c3ccccc3)(c3ccccc3)c3ccccc3)cc2)C(=O)c2ccccc2C1=O.[Br-]. The highest BCUT2D eigenvalue weighted by Gasteiger charge is 2.44. The summed E-state index contributed by atoms with van der Waals surface area (Å²) in [4.78, 5) is 38.3. The van der Waals surface area contributed by atoms with Crippen LogP contribution in [0.15, 0.2) is 145 Å². The Morgan fingerprint density at radius 2 is 0.962 bits per heavy atom. The van der Waals surface area contributed by atoms with Crippen molar-refractivity contribution >= 4 is 46.3 Å². The van der Waals surface area contributed by atoms with Crippen molar-refractivity contribution in [2.75, 3.05) is 12.8 Å². The van der Waals surface area contributed by atoms with Gasteiger partial charge in [-0.05, 0) is 73.4 Å². The first-order valence-electron chi connectivity index (χ1n) is 18.4. The Labute approximate surface area is 324 Å². The molecule has 0 amide bonds. The van der Waals surface area contributed by atoms with Crippen LogP contribution in [0.25, 0.3) is 5.57 Å². The minimum Gasteiger partial charge on any atom is -1.00 e. The van der Waals surface area contributed by atoms with E-state index in [9.17, 15) is 14.4 Å². The Morgan fingerprint density at radius 1 is 0.528 bits per heavy atom. The fourth-order valence-electron chi connectivity index (χ4n) is 7.16. The topological polar surface area (TPSA) is 69.7 Å². The molecule has 0 unspecified atom stereocenters. The first kappa shape index (κ1) is 39.6. The van der Waals surface area contributed by atoms with Crippen molar-refractivity contribution in [1.29, 1.82) is 0 Å². The van der Waals surface area contributed by atoms with Crippen LogP contribution < -0.4 is 37.6 Å². The van der Waals surface area contributed by atoms with Gasteiger partial charge in [0.1, 0.15) is 28.9 Å². The Kier molecular flexibility index (Phi) is 14.5. The number of fused-ring (bicyclic) bond motifs is 1. The predicted octanol–water partition coefficient (Wildman–Crippen LogP) is 6.54. The Balaban J connectivity index is 0.00000541. The number of carbonyl (C=O) groups is 3. The maximum atomic E-state index is 13.4. The number of ketones is 2. The van der Waals surface area contributed by atoms with Crippen LogP contribution in [0.4, 0.5) is 0 Å². The molecule has 1 aliphatic rings. The summed E-state index contributed by atoms with van der Waals surface area (Å²) in [5.41, 5.74) is 1.14. The van der Waals surface area contributed by atoms with Gasteiger partial charge in [0.25, 0.3) is 0 Å². The summed E-state index contributed by atoms with van der Waals surface area (Å²) in [6, 6.07) is 47.1. The summed E-state index contributed by atoms with van der Waals surface area (Å²) >= 11 is 0. The molecule has 6 rings (SSSR count). The third kappa shape index (κ3) is 9.48. The Morgan fingerprint density at radius 3 is 1.45 bits per heavy atom. The number of esters is 1. The molecule has 0 aromatic heterocycles. The zero-order chi connectivity index (χ0) is 36.2. The first-order valence-corrected chi connectivity index (χ1v) is 20.4. The average molecular weight is 790 g/mol. The molecule has 0 radical (unpaired) electrons. The normalized spacial score (nSPS) is 12.5. The lowest BCUT2D eigenvalue weighted by atomic mass is 9.85. The number of halogens is 1. The van der Waals surface area contributed by atoms with Gasteiger partial charge in [0.05, 0.1) is 18.3 Å². The highest BCUT2D eigenvalue weighted by Crippen LogP contribution is 2.56. The second-order valence-electron chi connectivity index (χ2n) is 13.2. The fourth-order valence-corrected chi connectivity index (χ4v) is 11.6. The molecule has 0 saturated heterocycles. The van der Waals surface area contributed by atoms with Gasteiger partial charge in [-0.1, -0.05) is 123 Å². The van der Waals surface area contributed by atoms with E-state index < -0.39 is 19.0 Å². The third-order valence-corrected chi connectivity index (χ3v) is 14.2. The minimum atomic E-state index is -1.75. The van der Waals surface area contributed by atoms with Crippen molar-refractivity contribution in [2.45, 2.75) is 58.3 Å². The zero-order valence-corrected chi connectivity index (χ0v) is 32.7. The van der Waals surface area contributed by atoms with Gasteiger partial charge in [-0.25, -0.2) is 0 Å². The van der Waals surface area contributed by atoms with Gasteiger partial charge in [0.2, 0.25) is 5.78 Å². The number of benzene rings is 5. The lowest BCUT2D eigenvalue weighted by molar-refractivity contribution is -0.136. The predicted molar refractivity (Wildman–Crippen MR) is 213 cm³/mol. The van der Waals surface area contributed by atoms with E-state index >= 15 is 0 Å². The fraction of sp³-hybridized carbons (Fsp3) is 0.239. The molecule has 0 atom stereocenters. The van der Waals surface area contributed by atoms with Gasteiger partial charge in [-0.2, -0.15) is 0 Å². The molecule has 0 heterocycles. The standard InChI is InChI=1S/C46H46O5P.BrH/c1-35(47)51-46-43(44(48)41-27-17-18-28-42(41)45(46)49)36-29-31-37(32-30-36)50-33-19-6-4-2-3-5-7-20-34-52(38-21-11-8-12-22-38,39-23-13-9-14-24-39)40-25-15-10-16-26-40;/h8-18,21-32H,2-7,19-20,33-34H2,1H3;1H/q+1;/p-1. The Bertz CT molecular complexity index is 1900. The van der Waals surface area contributed by atoms with Gasteiger partial charge >= 0.3 is 5.97 Å². The maximum Gasteiger partial charge on any atom is 0.308 e. The highest BCUT2D eigenvalue weighted by atomic mass is 79.9. The molecule has 5 aromatic rings. The summed E-state index contributed by atoms with van der Waals surface area (Å²) in [6.45, 7) is 1.83. The van der Waals surface area contributed by atoms with Gasteiger partial charge < -0.3 is 26.5 Å². The van der Waals surface area contributed by atoms with Crippen molar-refractivity contribution in [3.05, 3.63) is 162 Å². The van der Waals surface area contributed by atoms with Crippen molar-refractivity contribution in [2.24, 2.45) is 0 Å². The largest absolute Gasteiger partial charge is 1.00 e. The molecule has 272 valence electrons. The molecule has 0 N–H and O–H groups in total. The highest BCUT2D eigenvalue weighted by molar-refractivity contribution is 7.95. The lowest BCUT2D eigenvalue weighted by Gasteiger charge is -2.27. The van der Waals surface area contributed by atoms with E-state index in [1.807, 2.05) is 0 Å². The van der Waals surface area contributed by atoms with E-state index in [1.54, 1.807) is 48.5 Å². The van der Waals surface area contributed by atoms with Crippen molar-refractivity contribution in [3.63, 3.8) is 0 Å². The minimum absolute atomic E-state index is 0. The van der Waals surface area contributed by atoms with Crippen molar-refractivity contribution in [3.8, 4) is 5.75 Å². The van der Waals surface area contributed by atoms with Crippen LogP contribution in [0.2, 0.25) is 0 Å². The average Bonchev–Trinajstić information content (AvgIpc) is 3.19. The van der Waals surface area contributed by atoms with Crippen LogP contribution in [-0.2, 0) is 9.53 Å².